The van der Waals surface area contributed by atoms with Gasteiger partial charge >= 0.3 is 0 Å². The Bertz CT molecular complexity index is 685. The summed E-state index contributed by atoms with van der Waals surface area (Å²) in [6.07, 6.45) is 5.54. The van der Waals surface area contributed by atoms with Gasteiger partial charge in [-0.05, 0) is 18.9 Å². The van der Waals surface area contributed by atoms with E-state index in [0.29, 0.717) is 18.8 Å². The highest BCUT2D eigenvalue weighted by Crippen LogP contribution is 2.26. The van der Waals surface area contributed by atoms with Gasteiger partial charge in [-0.15, -0.1) is 10.2 Å². The number of aromatic nitrogens is 5. The SMILES string of the molecule is Cn1cnnc1SCC(=O)N1CCC[C@@H](c2ccn(CCO)n2)C1. The molecule has 0 bridgehead atoms. The van der Waals surface area contributed by atoms with E-state index in [0.717, 1.165) is 30.2 Å². The summed E-state index contributed by atoms with van der Waals surface area (Å²) in [5, 5.41) is 22.0. The number of thioether (sulfide) groups is 1. The standard InChI is InChI=1S/C15H22N6O2S/c1-19-11-16-17-15(19)24-10-14(23)20-5-2-3-12(9-20)13-4-6-21(18-13)7-8-22/h4,6,11-12,22H,2-3,5,7-10H2,1H3/t12-/m1/s1. The van der Waals surface area contributed by atoms with E-state index in [1.54, 1.807) is 11.0 Å². The third-order valence-corrected chi connectivity index (χ3v) is 5.20. The van der Waals surface area contributed by atoms with E-state index in [9.17, 15) is 4.79 Å². The average Bonchev–Trinajstić information content (AvgIpc) is 3.22. The van der Waals surface area contributed by atoms with Crippen molar-refractivity contribution in [3.05, 3.63) is 24.3 Å². The molecule has 1 saturated heterocycles. The summed E-state index contributed by atoms with van der Waals surface area (Å²) < 4.78 is 3.56. The first kappa shape index (κ1) is 17.0. The number of aliphatic hydroxyl groups excluding tert-OH is 1. The Balaban J connectivity index is 1.56. The predicted octanol–water partition coefficient (Wildman–Crippen LogP) is 0.502. The minimum atomic E-state index is 0.0790. The van der Waals surface area contributed by atoms with Crippen molar-refractivity contribution in [2.75, 3.05) is 25.4 Å². The molecule has 8 nitrogen and oxygen atoms in total. The van der Waals surface area contributed by atoms with Crippen molar-refractivity contribution in [3.8, 4) is 0 Å². The number of likely N-dealkylation sites (tertiary alicyclic amines) is 1. The molecule has 24 heavy (non-hydrogen) atoms. The van der Waals surface area contributed by atoms with E-state index in [1.807, 2.05) is 28.8 Å². The summed E-state index contributed by atoms with van der Waals surface area (Å²) in [7, 11) is 1.87. The van der Waals surface area contributed by atoms with Crippen molar-refractivity contribution < 1.29 is 9.90 Å². The second-order valence-corrected chi connectivity index (χ2v) is 6.86. The van der Waals surface area contributed by atoms with Crippen LogP contribution in [0, 0.1) is 0 Å². The number of aliphatic hydroxyl groups is 1. The fraction of sp³-hybridized carbons (Fsp3) is 0.600. The largest absolute Gasteiger partial charge is 0.394 e. The molecule has 3 rings (SSSR count). The lowest BCUT2D eigenvalue weighted by molar-refractivity contribution is -0.129. The van der Waals surface area contributed by atoms with E-state index in [4.69, 9.17) is 5.11 Å². The van der Waals surface area contributed by atoms with Crippen LogP contribution in [0.15, 0.2) is 23.7 Å². The van der Waals surface area contributed by atoms with Crippen molar-refractivity contribution >= 4 is 17.7 Å². The fourth-order valence-electron chi connectivity index (χ4n) is 2.89. The van der Waals surface area contributed by atoms with Gasteiger partial charge in [0.25, 0.3) is 0 Å². The second-order valence-electron chi connectivity index (χ2n) is 5.92. The molecule has 9 heteroatoms. The number of rotatable bonds is 6. The van der Waals surface area contributed by atoms with Crippen molar-refractivity contribution in [1.29, 1.82) is 0 Å². The summed E-state index contributed by atoms with van der Waals surface area (Å²) in [5.41, 5.74) is 1.00. The third-order valence-electron chi connectivity index (χ3n) is 4.18. The molecular weight excluding hydrogens is 328 g/mol. The van der Waals surface area contributed by atoms with Crippen LogP contribution in [0.4, 0.5) is 0 Å². The van der Waals surface area contributed by atoms with E-state index in [1.165, 1.54) is 11.8 Å². The number of carbonyl (C=O) groups is 1. The van der Waals surface area contributed by atoms with Crippen LogP contribution < -0.4 is 0 Å². The molecule has 1 aliphatic heterocycles. The number of amides is 1. The monoisotopic (exact) mass is 350 g/mol. The quantitative estimate of drug-likeness (QED) is 0.763. The Kier molecular flexibility index (Phi) is 5.52. The first-order chi connectivity index (χ1) is 11.7. The lowest BCUT2D eigenvalue weighted by Crippen LogP contribution is -2.40. The highest BCUT2D eigenvalue weighted by Gasteiger charge is 2.26. The number of nitrogens with zero attached hydrogens (tertiary/aromatic N) is 6. The lowest BCUT2D eigenvalue weighted by atomic mass is 9.95. The molecule has 1 aliphatic rings. The van der Waals surface area contributed by atoms with E-state index < -0.39 is 0 Å². The second kappa shape index (κ2) is 7.80. The lowest BCUT2D eigenvalue weighted by Gasteiger charge is -2.32. The maximum Gasteiger partial charge on any atom is 0.233 e. The Morgan fingerprint density at radius 1 is 1.50 bits per heavy atom. The molecule has 0 spiro atoms. The first-order valence-corrected chi connectivity index (χ1v) is 9.04. The molecule has 130 valence electrons. The molecule has 0 unspecified atom stereocenters. The predicted molar refractivity (Wildman–Crippen MR) is 89.6 cm³/mol. The molecule has 3 heterocycles. The first-order valence-electron chi connectivity index (χ1n) is 8.06. The highest BCUT2D eigenvalue weighted by atomic mass is 32.2. The fourth-order valence-corrected chi connectivity index (χ4v) is 3.68. The van der Waals surface area contributed by atoms with E-state index in [2.05, 4.69) is 15.3 Å². The third kappa shape index (κ3) is 3.96. The average molecular weight is 350 g/mol. The Morgan fingerprint density at radius 3 is 3.12 bits per heavy atom. The zero-order chi connectivity index (χ0) is 16.9. The maximum atomic E-state index is 12.5. The van der Waals surface area contributed by atoms with Crippen molar-refractivity contribution in [3.63, 3.8) is 0 Å². The van der Waals surface area contributed by atoms with E-state index in [-0.39, 0.29) is 18.4 Å². The smallest absolute Gasteiger partial charge is 0.233 e. The zero-order valence-corrected chi connectivity index (χ0v) is 14.5. The van der Waals surface area contributed by atoms with Crippen molar-refractivity contribution in [2.45, 2.75) is 30.5 Å². The molecule has 0 radical (unpaired) electrons. The molecule has 1 N–H and O–H groups in total. The topological polar surface area (TPSA) is 89.1 Å². The van der Waals surface area contributed by atoms with Gasteiger partial charge in [0.05, 0.1) is 24.6 Å². The van der Waals surface area contributed by atoms with Crippen LogP contribution in [-0.4, -0.2) is 65.9 Å². The molecule has 0 aromatic carbocycles. The molecule has 2 aromatic heterocycles. The Hall–Kier alpha value is -1.87. The molecule has 1 amide bonds. The molecular formula is C15H22N6O2S. The minimum absolute atomic E-state index is 0.0790. The number of carbonyl (C=O) groups excluding carboxylic acids is 1. The minimum Gasteiger partial charge on any atom is -0.394 e. The van der Waals surface area contributed by atoms with Gasteiger partial charge in [-0.25, -0.2) is 0 Å². The maximum absolute atomic E-state index is 12.5. The van der Waals surface area contributed by atoms with Gasteiger partial charge in [0.15, 0.2) is 5.16 Å². The van der Waals surface area contributed by atoms with Gasteiger partial charge < -0.3 is 14.6 Å². The number of piperidine rings is 1. The van der Waals surface area contributed by atoms with Crippen LogP contribution in [-0.2, 0) is 18.4 Å². The molecule has 2 aromatic rings. The molecule has 0 saturated carbocycles. The van der Waals surface area contributed by atoms with E-state index >= 15 is 0 Å². The van der Waals surface area contributed by atoms with Gasteiger partial charge in [-0.2, -0.15) is 5.10 Å². The van der Waals surface area contributed by atoms with Gasteiger partial charge in [-0.3, -0.25) is 9.48 Å². The number of hydrogen-bond donors (Lipinski definition) is 1. The number of aryl methyl sites for hydroxylation is 1. The summed E-state index contributed by atoms with van der Waals surface area (Å²) in [6, 6.07) is 1.99. The van der Waals surface area contributed by atoms with Crippen molar-refractivity contribution in [1.82, 2.24) is 29.4 Å². The summed E-state index contributed by atoms with van der Waals surface area (Å²) in [6.45, 7) is 2.08. The van der Waals surface area contributed by atoms with Gasteiger partial charge in [-0.1, -0.05) is 11.8 Å². The zero-order valence-electron chi connectivity index (χ0n) is 13.7. The molecule has 0 aliphatic carbocycles. The van der Waals surface area contributed by atoms with Crippen molar-refractivity contribution in [2.24, 2.45) is 7.05 Å². The van der Waals surface area contributed by atoms with Crippen LogP contribution in [0.1, 0.15) is 24.5 Å². The Labute approximate surface area is 144 Å². The van der Waals surface area contributed by atoms with Gasteiger partial charge in [0.2, 0.25) is 5.91 Å². The Morgan fingerprint density at radius 2 is 2.38 bits per heavy atom. The summed E-state index contributed by atoms with van der Waals surface area (Å²) >= 11 is 1.41. The molecule has 1 fully saturated rings. The van der Waals surface area contributed by atoms with Crippen LogP contribution in [0.2, 0.25) is 0 Å². The van der Waals surface area contributed by atoms with Gasteiger partial charge in [0.1, 0.15) is 6.33 Å². The van der Waals surface area contributed by atoms with Crippen LogP contribution >= 0.6 is 11.8 Å². The number of hydrogen-bond acceptors (Lipinski definition) is 6. The molecule has 1 atom stereocenters. The van der Waals surface area contributed by atoms with Crippen LogP contribution in [0.5, 0.6) is 0 Å². The van der Waals surface area contributed by atoms with Gasteiger partial charge in [0, 0.05) is 32.3 Å². The normalized spacial score (nSPS) is 18.1. The highest BCUT2D eigenvalue weighted by molar-refractivity contribution is 7.99. The summed E-state index contributed by atoms with van der Waals surface area (Å²) in [4.78, 5) is 14.4. The summed E-state index contributed by atoms with van der Waals surface area (Å²) in [5.74, 6) is 0.767. The van der Waals surface area contributed by atoms with Crippen LogP contribution in [0.3, 0.4) is 0 Å². The van der Waals surface area contributed by atoms with Crippen LogP contribution in [0.25, 0.3) is 0 Å².